The van der Waals surface area contributed by atoms with Gasteiger partial charge in [-0.3, -0.25) is 4.79 Å². The molecule has 2 saturated carbocycles. The van der Waals surface area contributed by atoms with Gasteiger partial charge in [0.05, 0.1) is 0 Å². The van der Waals surface area contributed by atoms with Gasteiger partial charge < -0.3 is 10.6 Å². The van der Waals surface area contributed by atoms with Gasteiger partial charge >= 0.3 is 0 Å². The normalized spacial score (nSPS) is 37.0. The molecule has 114 valence electrons. The molecule has 21 heavy (non-hydrogen) atoms. The van der Waals surface area contributed by atoms with Gasteiger partial charge in [0.1, 0.15) is 0 Å². The minimum absolute atomic E-state index is 0. The molecule has 4 heteroatoms. The molecule has 2 aliphatic carbocycles. The van der Waals surface area contributed by atoms with Crippen molar-refractivity contribution in [1.29, 1.82) is 0 Å². The van der Waals surface area contributed by atoms with Gasteiger partial charge in [-0.1, -0.05) is 36.8 Å². The van der Waals surface area contributed by atoms with Gasteiger partial charge in [0.2, 0.25) is 5.91 Å². The topological polar surface area (TPSA) is 46.3 Å². The first-order chi connectivity index (χ1) is 9.75. The summed E-state index contributed by atoms with van der Waals surface area (Å²) in [7, 11) is 0. The second-order valence-electron chi connectivity index (χ2n) is 6.71. The molecule has 1 saturated heterocycles. The number of nitrogens with two attached hydrogens (primary N) is 1. The molecule has 4 rings (SSSR count). The Balaban J connectivity index is 0.00000132. The van der Waals surface area contributed by atoms with E-state index in [4.69, 9.17) is 5.73 Å². The number of carbonyl (C=O) groups is 1. The molecule has 3 fully saturated rings. The number of halogens is 1. The highest BCUT2D eigenvalue weighted by Gasteiger charge is 2.58. The van der Waals surface area contributed by atoms with E-state index in [1.807, 2.05) is 11.0 Å². The summed E-state index contributed by atoms with van der Waals surface area (Å²) in [5, 5.41) is 0. The average molecular weight is 307 g/mol. The third-order valence-electron chi connectivity index (χ3n) is 5.60. The summed E-state index contributed by atoms with van der Waals surface area (Å²) in [5.74, 6) is 2.43. The van der Waals surface area contributed by atoms with Gasteiger partial charge in [0.25, 0.3) is 0 Å². The molecule has 1 aliphatic heterocycles. The first-order valence-electron chi connectivity index (χ1n) is 7.85. The van der Waals surface area contributed by atoms with Crippen LogP contribution >= 0.6 is 12.4 Å². The fourth-order valence-corrected chi connectivity index (χ4v) is 4.46. The van der Waals surface area contributed by atoms with Gasteiger partial charge in [0.15, 0.2) is 0 Å². The van der Waals surface area contributed by atoms with Crippen LogP contribution in [0.2, 0.25) is 0 Å². The van der Waals surface area contributed by atoms with Crippen molar-refractivity contribution in [2.75, 3.05) is 13.1 Å². The maximum Gasteiger partial charge on any atom is 0.226 e. The van der Waals surface area contributed by atoms with Crippen LogP contribution in [0, 0.1) is 17.8 Å². The van der Waals surface area contributed by atoms with E-state index in [9.17, 15) is 4.79 Å². The van der Waals surface area contributed by atoms with E-state index < -0.39 is 0 Å². The monoisotopic (exact) mass is 306 g/mol. The summed E-state index contributed by atoms with van der Waals surface area (Å²) in [6.07, 6.45) is 3.86. The third-order valence-corrected chi connectivity index (χ3v) is 5.60. The highest BCUT2D eigenvalue weighted by atomic mass is 35.5. The number of rotatable bonds is 2. The number of hydrogen-bond acceptors (Lipinski definition) is 2. The zero-order chi connectivity index (χ0) is 13.7. The van der Waals surface area contributed by atoms with Crippen molar-refractivity contribution in [2.45, 2.75) is 31.2 Å². The summed E-state index contributed by atoms with van der Waals surface area (Å²) in [4.78, 5) is 14.6. The highest BCUT2D eigenvalue weighted by molar-refractivity contribution is 5.85. The lowest BCUT2D eigenvalue weighted by atomic mass is 9.95. The summed E-state index contributed by atoms with van der Waals surface area (Å²) in [6, 6.07) is 10.5. The predicted octanol–water partition coefficient (Wildman–Crippen LogP) is 2.41. The lowest BCUT2D eigenvalue weighted by molar-refractivity contribution is -0.132. The maximum absolute atomic E-state index is 12.6. The molecule has 3 aliphatic rings. The van der Waals surface area contributed by atoms with Crippen LogP contribution in [0.5, 0.6) is 0 Å². The van der Waals surface area contributed by atoms with Crippen LogP contribution in [0.4, 0.5) is 0 Å². The molecular formula is C17H23ClN2O. The van der Waals surface area contributed by atoms with Crippen molar-refractivity contribution in [3.05, 3.63) is 35.9 Å². The van der Waals surface area contributed by atoms with Gasteiger partial charge in [0, 0.05) is 31.0 Å². The SMILES string of the molecule is Cl.N[C@@H]1CN(C(=O)C2C3CCCC32)C[C@H]1c1ccccc1. The standard InChI is InChI=1S/C17H22N2O.ClH/c18-15-10-19(9-14(15)11-5-2-1-3-6-11)17(20)16-12-7-4-8-13(12)16;/h1-3,5-6,12-16H,4,7-10,18H2;1H/t12?,13?,14-,15+,16?;/m0./s1. The summed E-state index contributed by atoms with van der Waals surface area (Å²) >= 11 is 0. The number of amides is 1. The smallest absolute Gasteiger partial charge is 0.226 e. The van der Waals surface area contributed by atoms with Crippen molar-refractivity contribution in [2.24, 2.45) is 23.5 Å². The Morgan fingerprint density at radius 3 is 2.43 bits per heavy atom. The van der Waals surface area contributed by atoms with Crippen molar-refractivity contribution < 1.29 is 4.79 Å². The summed E-state index contributed by atoms with van der Waals surface area (Å²) in [5.41, 5.74) is 7.55. The van der Waals surface area contributed by atoms with E-state index in [1.54, 1.807) is 0 Å². The summed E-state index contributed by atoms with van der Waals surface area (Å²) in [6.45, 7) is 1.54. The molecule has 2 N–H and O–H groups in total. The van der Waals surface area contributed by atoms with Crippen molar-refractivity contribution in [1.82, 2.24) is 4.90 Å². The van der Waals surface area contributed by atoms with Gasteiger partial charge in [-0.15, -0.1) is 12.4 Å². The number of fused-ring (bicyclic) bond motifs is 1. The van der Waals surface area contributed by atoms with Gasteiger partial charge in [-0.25, -0.2) is 0 Å². The van der Waals surface area contributed by atoms with E-state index in [2.05, 4.69) is 24.3 Å². The van der Waals surface area contributed by atoms with Crippen LogP contribution in [0.1, 0.15) is 30.7 Å². The molecule has 1 aromatic carbocycles. The van der Waals surface area contributed by atoms with E-state index in [0.717, 1.165) is 13.1 Å². The quantitative estimate of drug-likeness (QED) is 0.912. The molecule has 4 atom stereocenters. The Kier molecular flexibility index (Phi) is 3.98. The molecule has 0 radical (unpaired) electrons. The number of nitrogens with zero attached hydrogens (tertiary/aromatic N) is 1. The molecular weight excluding hydrogens is 284 g/mol. The van der Waals surface area contributed by atoms with Crippen molar-refractivity contribution >= 4 is 18.3 Å². The largest absolute Gasteiger partial charge is 0.340 e. The van der Waals surface area contributed by atoms with Crippen molar-refractivity contribution in [3.8, 4) is 0 Å². The van der Waals surface area contributed by atoms with Gasteiger partial charge in [-0.2, -0.15) is 0 Å². The minimum atomic E-state index is 0. The Hall–Kier alpha value is -1.06. The van der Waals surface area contributed by atoms with Crippen LogP contribution in [-0.4, -0.2) is 29.9 Å². The van der Waals surface area contributed by atoms with Crippen LogP contribution < -0.4 is 5.73 Å². The zero-order valence-electron chi connectivity index (χ0n) is 12.2. The number of benzene rings is 1. The van der Waals surface area contributed by atoms with Crippen LogP contribution in [0.15, 0.2) is 30.3 Å². The number of likely N-dealkylation sites (tertiary alicyclic amines) is 1. The molecule has 0 spiro atoms. The predicted molar refractivity (Wildman–Crippen MR) is 85.3 cm³/mol. The fraction of sp³-hybridized carbons (Fsp3) is 0.588. The van der Waals surface area contributed by atoms with E-state index in [0.29, 0.717) is 29.6 Å². The number of carbonyl (C=O) groups excluding carboxylic acids is 1. The lowest BCUT2D eigenvalue weighted by Gasteiger charge is -2.17. The Morgan fingerprint density at radius 2 is 1.76 bits per heavy atom. The van der Waals surface area contributed by atoms with E-state index >= 15 is 0 Å². The third kappa shape index (κ3) is 2.47. The molecule has 1 heterocycles. The molecule has 1 amide bonds. The average Bonchev–Trinajstić information content (AvgIpc) is 2.83. The van der Waals surface area contributed by atoms with Crippen molar-refractivity contribution in [3.63, 3.8) is 0 Å². The van der Waals surface area contributed by atoms with Crippen LogP contribution in [0.25, 0.3) is 0 Å². The molecule has 3 nitrogen and oxygen atoms in total. The fourth-order valence-electron chi connectivity index (χ4n) is 4.46. The van der Waals surface area contributed by atoms with Gasteiger partial charge in [-0.05, 0) is 30.2 Å². The van der Waals surface area contributed by atoms with E-state index in [-0.39, 0.29) is 18.4 Å². The zero-order valence-corrected chi connectivity index (χ0v) is 13.0. The first kappa shape index (κ1) is 14.9. The Bertz CT molecular complexity index is 511. The molecule has 0 bridgehead atoms. The minimum Gasteiger partial charge on any atom is -0.340 e. The maximum atomic E-state index is 12.6. The highest BCUT2D eigenvalue weighted by Crippen LogP contribution is 2.58. The number of hydrogen-bond donors (Lipinski definition) is 1. The Morgan fingerprint density at radius 1 is 1.10 bits per heavy atom. The lowest BCUT2D eigenvalue weighted by Crippen LogP contribution is -2.34. The Labute approximate surface area is 132 Å². The first-order valence-corrected chi connectivity index (χ1v) is 7.85. The molecule has 0 aromatic heterocycles. The second kappa shape index (κ2) is 5.62. The molecule has 2 unspecified atom stereocenters. The van der Waals surface area contributed by atoms with Crippen LogP contribution in [0.3, 0.4) is 0 Å². The van der Waals surface area contributed by atoms with Crippen LogP contribution in [-0.2, 0) is 4.79 Å². The summed E-state index contributed by atoms with van der Waals surface area (Å²) < 4.78 is 0. The second-order valence-corrected chi connectivity index (χ2v) is 6.71. The molecule has 1 aromatic rings. The van der Waals surface area contributed by atoms with E-state index in [1.165, 1.54) is 24.8 Å².